The molecule has 0 spiro atoms. The zero-order valence-electron chi connectivity index (χ0n) is 15.9. The highest BCUT2D eigenvalue weighted by Crippen LogP contribution is 2.46. The summed E-state index contributed by atoms with van der Waals surface area (Å²) in [5, 5.41) is 27.1. The van der Waals surface area contributed by atoms with Crippen LogP contribution in [-0.4, -0.2) is 45.5 Å². The number of rotatable bonds is 11. The van der Waals surface area contributed by atoms with Crippen molar-refractivity contribution in [2.75, 3.05) is 6.61 Å². The van der Waals surface area contributed by atoms with Crippen LogP contribution in [0.25, 0.3) is 0 Å². The van der Waals surface area contributed by atoms with Crippen molar-refractivity contribution in [2.45, 2.75) is 52.8 Å². The molecule has 1 unspecified atom stereocenters. The Kier molecular flexibility index (Phi) is 9.33. The van der Waals surface area contributed by atoms with Crippen molar-refractivity contribution < 1.29 is 28.8 Å². The van der Waals surface area contributed by atoms with Gasteiger partial charge in [0.2, 0.25) is 0 Å². The van der Waals surface area contributed by atoms with Crippen molar-refractivity contribution in [3.05, 3.63) is 34.9 Å². The van der Waals surface area contributed by atoms with Crippen molar-refractivity contribution in [3.8, 4) is 6.07 Å². The molecule has 2 N–H and O–H groups in total. The largest absolute Gasteiger partial charge is 0.478 e. The molecule has 0 saturated carbocycles. The summed E-state index contributed by atoms with van der Waals surface area (Å²) in [6.07, 6.45) is 0.226. The van der Waals surface area contributed by atoms with Crippen LogP contribution in [0.3, 0.4) is 0 Å². The van der Waals surface area contributed by atoms with E-state index in [9.17, 15) is 19.8 Å². The second-order valence-corrected chi connectivity index (χ2v) is 7.80. The summed E-state index contributed by atoms with van der Waals surface area (Å²) in [5.74, 6) is -2.42. The van der Waals surface area contributed by atoms with Crippen molar-refractivity contribution >= 4 is 20.5 Å². The number of benzene rings is 1. The van der Waals surface area contributed by atoms with Crippen LogP contribution in [0.2, 0.25) is 0 Å². The molecule has 1 aromatic carbocycles. The second-order valence-electron chi connectivity index (χ2n) is 6.35. The van der Waals surface area contributed by atoms with Crippen LogP contribution < -0.4 is 0 Å². The van der Waals surface area contributed by atoms with Crippen molar-refractivity contribution in [3.63, 3.8) is 0 Å². The van der Waals surface area contributed by atoms with Gasteiger partial charge in [-0.2, -0.15) is 5.26 Å². The number of carbonyl (C=O) groups is 2. The molecule has 0 aliphatic carbocycles. The summed E-state index contributed by atoms with van der Waals surface area (Å²) in [6.45, 7) is 8.21. The Labute approximate surface area is 160 Å². The molecule has 0 bridgehead atoms. The number of nitrogens with zero attached hydrogens (tertiary/aromatic N) is 2. The third-order valence-corrected chi connectivity index (χ3v) is 5.54. The van der Waals surface area contributed by atoms with Gasteiger partial charge in [-0.3, -0.25) is 0 Å². The topological polar surface area (TPSA) is 120 Å². The van der Waals surface area contributed by atoms with Gasteiger partial charge in [0.1, 0.15) is 0 Å². The van der Waals surface area contributed by atoms with Gasteiger partial charge in [0.15, 0.2) is 0 Å². The molecule has 1 rings (SSSR count). The Balaban J connectivity index is 3.04. The third kappa shape index (κ3) is 7.24. The van der Waals surface area contributed by atoms with Crippen LogP contribution in [0.4, 0.5) is 0 Å². The molecule has 1 aromatic rings. The van der Waals surface area contributed by atoms with Gasteiger partial charge in [-0.05, 0) is 51.5 Å². The number of aromatic carboxylic acids is 2. The van der Waals surface area contributed by atoms with Gasteiger partial charge in [-0.15, -0.1) is 0 Å². The standard InChI is InChI=1S/C18H25N2O6P/c1-12(2)20(13(3)4)27(25-7-5-6-19)26-11-14-8-15(17(21)22)10-16(9-14)18(23)24/h8-10,12-13H,5,7,11H2,1-4H3,(H,21,22)(H,23,24). The maximum absolute atomic E-state index is 11.2. The summed E-state index contributed by atoms with van der Waals surface area (Å²) in [4.78, 5) is 22.5. The molecule has 1 atom stereocenters. The van der Waals surface area contributed by atoms with Crippen LogP contribution in [0.5, 0.6) is 0 Å². The Morgan fingerprint density at radius 3 is 2.00 bits per heavy atom. The third-order valence-electron chi connectivity index (χ3n) is 3.49. The first kappa shape index (κ1) is 23.0. The van der Waals surface area contributed by atoms with Crippen LogP contribution in [-0.2, 0) is 15.7 Å². The zero-order valence-corrected chi connectivity index (χ0v) is 16.8. The first-order valence-corrected chi connectivity index (χ1v) is 9.62. The van der Waals surface area contributed by atoms with Crippen LogP contribution in [0.1, 0.15) is 60.4 Å². The number of carboxylic acids is 2. The second kappa shape index (κ2) is 11.0. The minimum atomic E-state index is -1.50. The minimum Gasteiger partial charge on any atom is -0.478 e. The molecular formula is C18H25N2O6P. The summed E-state index contributed by atoms with van der Waals surface area (Å²) in [6, 6.07) is 6.13. The van der Waals surface area contributed by atoms with E-state index in [1.807, 2.05) is 38.4 Å². The van der Waals surface area contributed by atoms with Crippen LogP contribution >= 0.6 is 8.53 Å². The van der Waals surface area contributed by atoms with E-state index in [4.69, 9.17) is 14.3 Å². The number of hydrogen-bond donors (Lipinski definition) is 2. The molecule has 8 nitrogen and oxygen atoms in total. The van der Waals surface area contributed by atoms with Crippen LogP contribution in [0, 0.1) is 11.3 Å². The van der Waals surface area contributed by atoms with Gasteiger partial charge in [0.25, 0.3) is 8.53 Å². The lowest BCUT2D eigenvalue weighted by Gasteiger charge is -2.35. The van der Waals surface area contributed by atoms with E-state index in [0.29, 0.717) is 5.56 Å². The van der Waals surface area contributed by atoms with Gasteiger partial charge >= 0.3 is 11.9 Å². The number of hydrogen-bond acceptors (Lipinski definition) is 6. The maximum Gasteiger partial charge on any atom is 0.335 e. The van der Waals surface area contributed by atoms with E-state index in [1.54, 1.807) is 0 Å². The summed E-state index contributed by atoms with van der Waals surface area (Å²) >= 11 is 0. The van der Waals surface area contributed by atoms with Crippen LogP contribution in [0.15, 0.2) is 18.2 Å². The normalized spacial score (nSPS) is 12.4. The van der Waals surface area contributed by atoms with E-state index in [0.717, 1.165) is 6.07 Å². The molecule has 148 valence electrons. The summed E-state index contributed by atoms with van der Waals surface area (Å²) in [5.41, 5.74) is 0.191. The zero-order chi connectivity index (χ0) is 20.6. The molecule has 0 heterocycles. The lowest BCUT2D eigenvalue weighted by molar-refractivity contribution is 0.0696. The monoisotopic (exact) mass is 396 g/mol. The molecular weight excluding hydrogens is 371 g/mol. The molecule has 0 aliphatic rings. The predicted molar refractivity (Wildman–Crippen MR) is 100 cm³/mol. The Morgan fingerprint density at radius 1 is 1.07 bits per heavy atom. The fourth-order valence-electron chi connectivity index (χ4n) is 2.47. The smallest absolute Gasteiger partial charge is 0.335 e. The quantitative estimate of drug-likeness (QED) is 0.427. The summed E-state index contributed by atoms with van der Waals surface area (Å²) < 4.78 is 13.7. The van der Waals surface area contributed by atoms with Gasteiger partial charge < -0.3 is 19.3 Å². The Morgan fingerprint density at radius 2 is 1.59 bits per heavy atom. The highest BCUT2D eigenvalue weighted by Gasteiger charge is 2.27. The minimum absolute atomic E-state index is 0.00437. The average Bonchev–Trinajstić information content (AvgIpc) is 2.58. The van der Waals surface area contributed by atoms with E-state index < -0.39 is 20.5 Å². The van der Waals surface area contributed by atoms with Crippen molar-refractivity contribution in [1.82, 2.24) is 4.67 Å². The molecule has 9 heteroatoms. The SMILES string of the molecule is CC(C)N(C(C)C)P(OCCC#N)OCc1cc(C(=O)O)cc(C(=O)O)c1. The molecule has 0 aromatic heterocycles. The molecule has 0 amide bonds. The molecule has 27 heavy (non-hydrogen) atoms. The molecule has 0 aliphatic heterocycles. The maximum atomic E-state index is 11.2. The lowest BCUT2D eigenvalue weighted by atomic mass is 10.1. The molecule has 0 saturated heterocycles. The van der Waals surface area contributed by atoms with E-state index >= 15 is 0 Å². The van der Waals surface area contributed by atoms with Gasteiger partial charge in [-0.25, -0.2) is 14.3 Å². The van der Waals surface area contributed by atoms with Crippen molar-refractivity contribution in [2.24, 2.45) is 0 Å². The Bertz CT molecular complexity index is 661. The lowest BCUT2D eigenvalue weighted by Crippen LogP contribution is -2.33. The summed E-state index contributed by atoms with van der Waals surface area (Å²) in [7, 11) is -1.50. The van der Waals surface area contributed by atoms with Gasteiger partial charge in [0, 0.05) is 12.1 Å². The van der Waals surface area contributed by atoms with E-state index in [2.05, 4.69) is 0 Å². The average molecular weight is 396 g/mol. The van der Waals surface area contributed by atoms with Gasteiger partial charge in [-0.1, -0.05) is 0 Å². The van der Waals surface area contributed by atoms with Crippen molar-refractivity contribution in [1.29, 1.82) is 5.26 Å². The van der Waals surface area contributed by atoms with Gasteiger partial charge in [0.05, 0.1) is 36.8 Å². The first-order valence-electron chi connectivity index (χ1n) is 8.49. The number of carboxylic acid groups (broad SMARTS) is 2. The van der Waals surface area contributed by atoms with E-state index in [1.165, 1.54) is 12.1 Å². The highest BCUT2D eigenvalue weighted by atomic mass is 31.2. The molecule has 0 radical (unpaired) electrons. The predicted octanol–water partition coefficient (Wildman–Crippen LogP) is 3.88. The fourth-order valence-corrected chi connectivity index (χ4v) is 4.07. The molecule has 0 fully saturated rings. The Hall–Kier alpha value is -2.04. The number of nitriles is 1. The van der Waals surface area contributed by atoms with E-state index in [-0.39, 0.29) is 42.8 Å². The fraction of sp³-hybridized carbons (Fsp3) is 0.500. The highest BCUT2D eigenvalue weighted by molar-refractivity contribution is 7.44. The first-order chi connectivity index (χ1) is 12.7.